The molecule has 0 aliphatic heterocycles. The summed E-state index contributed by atoms with van der Waals surface area (Å²) in [6, 6.07) is 7.30. The first-order chi connectivity index (χ1) is 8.67. The molecule has 0 fully saturated rings. The van der Waals surface area contributed by atoms with Crippen LogP contribution in [0, 0.1) is 0 Å². The highest BCUT2D eigenvalue weighted by Crippen LogP contribution is 2.18. The quantitative estimate of drug-likeness (QED) is 0.616. The molecule has 5 nitrogen and oxygen atoms in total. The molecule has 0 aromatic heterocycles. The topological polar surface area (TPSA) is 70.6 Å². The Kier molecular flexibility index (Phi) is 6.18. The van der Waals surface area contributed by atoms with Crippen LogP contribution < -0.4 is 15.4 Å². The molecular formula is C13H20N2O3. The van der Waals surface area contributed by atoms with Gasteiger partial charge in [0.1, 0.15) is 5.75 Å². The third kappa shape index (κ3) is 4.73. The van der Waals surface area contributed by atoms with Crippen molar-refractivity contribution in [1.82, 2.24) is 10.6 Å². The van der Waals surface area contributed by atoms with Crippen LogP contribution >= 0.6 is 0 Å². The standard InChI is InChI=1S/C13H20N2O3/c1-14-13(17)6-7-15-9-12(16)10-4-3-5-11(8-10)18-2/h3-5,8,12,15-16H,6-7,9H2,1-2H3,(H,14,17). The number of ether oxygens (including phenoxy) is 1. The molecule has 1 unspecified atom stereocenters. The van der Waals surface area contributed by atoms with Gasteiger partial charge in [-0.15, -0.1) is 0 Å². The van der Waals surface area contributed by atoms with Crippen LogP contribution in [-0.4, -0.2) is 38.3 Å². The third-order valence-corrected chi connectivity index (χ3v) is 2.62. The number of amides is 1. The number of methoxy groups -OCH3 is 1. The SMILES string of the molecule is CNC(=O)CCNCC(O)c1cccc(OC)c1. The van der Waals surface area contributed by atoms with Gasteiger partial charge in [-0.05, 0) is 17.7 Å². The van der Waals surface area contributed by atoms with Gasteiger partial charge in [0, 0.05) is 26.6 Å². The summed E-state index contributed by atoms with van der Waals surface area (Å²) in [7, 11) is 3.19. The van der Waals surface area contributed by atoms with Gasteiger partial charge in [0.15, 0.2) is 0 Å². The van der Waals surface area contributed by atoms with Gasteiger partial charge >= 0.3 is 0 Å². The van der Waals surface area contributed by atoms with Crippen molar-refractivity contribution >= 4 is 5.91 Å². The lowest BCUT2D eigenvalue weighted by Gasteiger charge is -2.13. The van der Waals surface area contributed by atoms with Gasteiger partial charge in [-0.3, -0.25) is 4.79 Å². The fourth-order valence-electron chi connectivity index (χ4n) is 1.53. The number of carbonyl (C=O) groups is 1. The zero-order valence-electron chi connectivity index (χ0n) is 10.8. The predicted octanol–water partition coefficient (Wildman–Crippen LogP) is 0.454. The molecule has 100 valence electrons. The van der Waals surface area contributed by atoms with Crippen LogP contribution in [0.2, 0.25) is 0 Å². The van der Waals surface area contributed by atoms with E-state index >= 15 is 0 Å². The lowest BCUT2D eigenvalue weighted by molar-refractivity contribution is -0.120. The van der Waals surface area contributed by atoms with Crippen molar-refractivity contribution in [2.45, 2.75) is 12.5 Å². The van der Waals surface area contributed by atoms with E-state index < -0.39 is 6.10 Å². The van der Waals surface area contributed by atoms with Crippen molar-refractivity contribution in [2.24, 2.45) is 0 Å². The van der Waals surface area contributed by atoms with E-state index in [4.69, 9.17) is 4.74 Å². The molecular weight excluding hydrogens is 232 g/mol. The van der Waals surface area contributed by atoms with Crippen LogP contribution in [0.25, 0.3) is 0 Å². The molecule has 0 heterocycles. The molecule has 5 heteroatoms. The highest BCUT2D eigenvalue weighted by atomic mass is 16.5. The number of hydrogen-bond donors (Lipinski definition) is 3. The molecule has 0 saturated heterocycles. The lowest BCUT2D eigenvalue weighted by atomic mass is 10.1. The minimum absolute atomic E-state index is 0.0154. The predicted molar refractivity (Wildman–Crippen MR) is 69.5 cm³/mol. The average molecular weight is 252 g/mol. The zero-order valence-corrected chi connectivity index (χ0v) is 10.8. The largest absolute Gasteiger partial charge is 0.497 e. The fraction of sp³-hybridized carbons (Fsp3) is 0.462. The van der Waals surface area contributed by atoms with Crippen LogP contribution in [-0.2, 0) is 4.79 Å². The van der Waals surface area contributed by atoms with Crippen LogP contribution in [0.15, 0.2) is 24.3 Å². The summed E-state index contributed by atoms with van der Waals surface area (Å²) in [4.78, 5) is 11.0. The maximum atomic E-state index is 11.0. The number of hydrogen-bond acceptors (Lipinski definition) is 4. The molecule has 0 aliphatic carbocycles. The summed E-state index contributed by atoms with van der Waals surface area (Å²) >= 11 is 0. The molecule has 0 bridgehead atoms. The molecule has 0 aliphatic rings. The molecule has 0 radical (unpaired) electrons. The van der Waals surface area contributed by atoms with Gasteiger partial charge in [-0.2, -0.15) is 0 Å². The minimum atomic E-state index is -0.607. The summed E-state index contributed by atoms with van der Waals surface area (Å²) in [5.74, 6) is 0.704. The van der Waals surface area contributed by atoms with E-state index in [-0.39, 0.29) is 5.91 Å². The van der Waals surface area contributed by atoms with E-state index in [1.165, 1.54) is 0 Å². The number of benzene rings is 1. The Morgan fingerprint density at radius 3 is 2.94 bits per heavy atom. The maximum Gasteiger partial charge on any atom is 0.221 e. The maximum absolute atomic E-state index is 11.0. The van der Waals surface area contributed by atoms with Crippen molar-refractivity contribution in [1.29, 1.82) is 0 Å². The Labute approximate surface area is 107 Å². The number of aliphatic hydroxyl groups is 1. The van der Waals surface area contributed by atoms with E-state index in [2.05, 4.69) is 10.6 Å². The van der Waals surface area contributed by atoms with Gasteiger partial charge in [0.05, 0.1) is 13.2 Å². The van der Waals surface area contributed by atoms with Crippen molar-refractivity contribution in [3.05, 3.63) is 29.8 Å². The summed E-state index contributed by atoms with van der Waals surface area (Å²) in [6.07, 6.45) is -0.203. The third-order valence-electron chi connectivity index (χ3n) is 2.62. The number of nitrogens with one attached hydrogen (secondary N) is 2. The van der Waals surface area contributed by atoms with Crippen molar-refractivity contribution in [3.63, 3.8) is 0 Å². The van der Waals surface area contributed by atoms with Crippen molar-refractivity contribution in [2.75, 3.05) is 27.2 Å². The zero-order chi connectivity index (χ0) is 13.4. The molecule has 3 N–H and O–H groups in total. The molecule has 0 saturated carbocycles. The molecule has 1 atom stereocenters. The Morgan fingerprint density at radius 2 is 2.28 bits per heavy atom. The van der Waals surface area contributed by atoms with E-state index in [0.717, 1.165) is 11.3 Å². The van der Waals surface area contributed by atoms with Gasteiger partial charge < -0.3 is 20.5 Å². The normalized spacial score (nSPS) is 11.9. The van der Waals surface area contributed by atoms with Gasteiger partial charge in [-0.1, -0.05) is 12.1 Å². The fourth-order valence-corrected chi connectivity index (χ4v) is 1.53. The highest BCUT2D eigenvalue weighted by molar-refractivity contribution is 5.75. The number of rotatable bonds is 7. The molecule has 1 rings (SSSR count). The summed E-state index contributed by atoms with van der Waals surface area (Å²) < 4.78 is 5.09. The smallest absolute Gasteiger partial charge is 0.221 e. The second-order valence-electron chi connectivity index (χ2n) is 3.92. The monoisotopic (exact) mass is 252 g/mol. The molecule has 18 heavy (non-hydrogen) atoms. The van der Waals surface area contributed by atoms with E-state index in [9.17, 15) is 9.90 Å². The van der Waals surface area contributed by atoms with E-state index in [0.29, 0.717) is 19.5 Å². The molecule has 1 aromatic rings. The Morgan fingerprint density at radius 1 is 1.50 bits per heavy atom. The second kappa shape index (κ2) is 7.68. The van der Waals surface area contributed by atoms with E-state index in [1.807, 2.05) is 18.2 Å². The van der Waals surface area contributed by atoms with Crippen LogP contribution in [0.3, 0.4) is 0 Å². The summed E-state index contributed by atoms with van der Waals surface area (Å²) in [5, 5.41) is 15.5. The summed E-state index contributed by atoms with van der Waals surface area (Å²) in [6.45, 7) is 0.949. The number of carbonyl (C=O) groups excluding carboxylic acids is 1. The van der Waals surface area contributed by atoms with Gasteiger partial charge in [0.25, 0.3) is 0 Å². The molecule has 1 aromatic carbocycles. The lowest BCUT2D eigenvalue weighted by Crippen LogP contribution is -2.27. The molecule has 1 amide bonds. The van der Waals surface area contributed by atoms with Crippen LogP contribution in [0.4, 0.5) is 0 Å². The second-order valence-corrected chi connectivity index (χ2v) is 3.92. The Balaban J connectivity index is 2.35. The first-order valence-corrected chi connectivity index (χ1v) is 5.90. The highest BCUT2D eigenvalue weighted by Gasteiger charge is 2.08. The van der Waals surface area contributed by atoms with Crippen molar-refractivity contribution in [3.8, 4) is 5.75 Å². The van der Waals surface area contributed by atoms with E-state index in [1.54, 1.807) is 20.2 Å². The van der Waals surface area contributed by atoms with Crippen LogP contribution in [0.5, 0.6) is 5.75 Å². The Hall–Kier alpha value is -1.59. The molecule has 0 spiro atoms. The summed E-state index contributed by atoms with van der Waals surface area (Å²) in [5.41, 5.74) is 0.793. The Bertz CT molecular complexity index is 382. The van der Waals surface area contributed by atoms with Crippen LogP contribution in [0.1, 0.15) is 18.1 Å². The first-order valence-electron chi connectivity index (χ1n) is 5.90. The number of aliphatic hydroxyl groups excluding tert-OH is 1. The first kappa shape index (κ1) is 14.5. The van der Waals surface area contributed by atoms with Crippen molar-refractivity contribution < 1.29 is 14.6 Å². The van der Waals surface area contributed by atoms with Gasteiger partial charge in [-0.25, -0.2) is 0 Å². The minimum Gasteiger partial charge on any atom is -0.497 e. The average Bonchev–Trinajstić information content (AvgIpc) is 2.43. The van der Waals surface area contributed by atoms with Gasteiger partial charge in [0.2, 0.25) is 5.91 Å².